The lowest BCUT2D eigenvalue weighted by molar-refractivity contribution is 0.0610. The molecule has 11 heteroatoms. The first-order chi connectivity index (χ1) is 21.1. The number of methoxy groups -OCH3 is 1. The zero-order chi connectivity index (χ0) is 31.1. The van der Waals surface area contributed by atoms with Crippen molar-refractivity contribution in [2.45, 2.75) is 58.0 Å². The Balaban J connectivity index is 1.39. The second kappa shape index (κ2) is 12.2. The zero-order valence-corrected chi connectivity index (χ0v) is 26.9. The molecule has 2 atom stereocenters. The second-order valence-electron chi connectivity index (χ2n) is 11.2. The molecule has 1 aliphatic carbocycles. The Morgan fingerprint density at radius 3 is 2.34 bits per heavy atom. The standard InChI is InChI=1S/C33H32BrClN4O5/c1-19-17-38-29(18-37(19)32(41)22-6-15-27(34)28(35)16-22)30(31(40)36-20(2)21-4-9-24(43-3)10-5-21)39(33(38)42)23-7-11-25(12-8-23)44-26-13-14-26/h4-12,15-16,19-20,26H,13-14,17-18H2,1-3H3,(H,36,40)/t19-,20-/m1/s1. The highest BCUT2D eigenvalue weighted by atomic mass is 79.9. The van der Waals surface area contributed by atoms with Gasteiger partial charge in [-0.05, 0) is 103 Å². The number of benzene rings is 3. The lowest BCUT2D eigenvalue weighted by Crippen LogP contribution is -2.47. The van der Waals surface area contributed by atoms with Crippen LogP contribution in [-0.4, -0.2) is 45.1 Å². The smallest absolute Gasteiger partial charge is 0.333 e. The minimum Gasteiger partial charge on any atom is -0.497 e. The summed E-state index contributed by atoms with van der Waals surface area (Å²) in [5, 5.41) is 3.49. The Morgan fingerprint density at radius 2 is 1.70 bits per heavy atom. The number of nitrogens with one attached hydrogen (secondary N) is 1. The van der Waals surface area contributed by atoms with Gasteiger partial charge in [-0.2, -0.15) is 0 Å². The van der Waals surface area contributed by atoms with Crippen molar-refractivity contribution in [3.63, 3.8) is 0 Å². The molecule has 44 heavy (non-hydrogen) atoms. The highest BCUT2D eigenvalue weighted by Crippen LogP contribution is 2.30. The van der Waals surface area contributed by atoms with Crippen molar-refractivity contribution >= 4 is 39.3 Å². The van der Waals surface area contributed by atoms with E-state index >= 15 is 0 Å². The van der Waals surface area contributed by atoms with Crippen molar-refractivity contribution < 1.29 is 19.1 Å². The van der Waals surface area contributed by atoms with Crippen LogP contribution in [0.2, 0.25) is 5.02 Å². The lowest BCUT2D eigenvalue weighted by atomic mass is 10.1. The van der Waals surface area contributed by atoms with E-state index in [-0.39, 0.29) is 48.6 Å². The molecule has 1 aliphatic heterocycles. The largest absolute Gasteiger partial charge is 0.497 e. The van der Waals surface area contributed by atoms with E-state index in [0.29, 0.717) is 37.9 Å². The molecule has 1 aromatic heterocycles. The van der Waals surface area contributed by atoms with E-state index in [9.17, 15) is 14.4 Å². The SMILES string of the molecule is COc1ccc([C@@H](C)NC(=O)c2c3n(c(=O)n2-c2ccc(OC4CC4)cc2)C[C@@H](C)N(C(=O)c2ccc(Br)c(Cl)c2)C3)cc1. The van der Waals surface area contributed by atoms with Crippen molar-refractivity contribution in [1.29, 1.82) is 0 Å². The van der Waals surface area contributed by atoms with Gasteiger partial charge in [-0.15, -0.1) is 0 Å². The average Bonchev–Trinajstić information content (AvgIpc) is 3.80. The molecule has 228 valence electrons. The van der Waals surface area contributed by atoms with E-state index in [4.69, 9.17) is 21.1 Å². The van der Waals surface area contributed by atoms with Gasteiger partial charge in [0.05, 0.1) is 42.2 Å². The summed E-state index contributed by atoms with van der Waals surface area (Å²) in [7, 11) is 1.60. The number of hydrogen-bond acceptors (Lipinski definition) is 5. The number of amides is 2. The third-order valence-corrected chi connectivity index (χ3v) is 9.30. The van der Waals surface area contributed by atoms with Crippen LogP contribution in [0.5, 0.6) is 11.5 Å². The van der Waals surface area contributed by atoms with E-state index in [1.54, 1.807) is 46.9 Å². The Hall–Kier alpha value is -4.02. The molecule has 0 saturated heterocycles. The summed E-state index contributed by atoms with van der Waals surface area (Å²) >= 11 is 9.67. The third kappa shape index (κ3) is 5.88. The van der Waals surface area contributed by atoms with Crippen LogP contribution in [0.4, 0.5) is 0 Å². The number of nitrogens with zero attached hydrogens (tertiary/aromatic N) is 3. The normalized spacial score (nSPS) is 16.7. The minimum absolute atomic E-state index is 0.0679. The van der Waals surface area contributed by atoms with Gasteiger partial charge in [-0.3, -0.25) is 18.7 Å². The van der Waals surface area contributed by atoms with Gasteiger partial charge < -0.3 is 19.7 Å². The summed E-state index contributed by atoms with van der Waals surface area (Å²) in [6.07, 6.45) is 2.30. The van der Waals surface area contributed by atoms with Gasteiger partial charge in [-0.25, -0.2) is 4.79 Å². The summed E-state index contributed by atoms with van der Waals surface area (Å²) in [6, 6.07) is 19.0. The molecule has 6 rings (SSSR count). The molecule has 2 amide bonds. The van der Waals surface area contributed by atoms with Crippen LogP contribution in [0.15, 0.2) is 76.0 Å². The van der Waals surface area contributed by atoms with Crippen LogP contribution in [0, 0.1) is 0 Å². The van der Waals surface area contributed by atoms with Gasteiger partial charge in [0.2, 0.25) is 0 Å². The van der Waals surface area contributed by atoms with E-state index in [0.717, 1.165) is 18.4 Å². The number of halogens is 2. The Morgan fingerprint density at radius 1 is 1.02 bits per heavy atom. The fraction of sp³-hybridized carbons (Fsp3) is 0.303. The first-order valence-electron chi connectivity index (χ1n) is 14.5. The number of carbonyl (C=O) groups excluding carboxylic acids is 2. The van der Waals surface area contributed by atoms with Crippen molar-refractivity contribution in [2.75, 3.05) is 7.11 Å². The Labute approximate surface area is 268 Å². The molecule has 1 saturated carbocycles. The second-order valence-corrected chi connectivity index (χ2v) is 12.5. The highest BCUT2D eigenvalue weighted by molar-refractivity contribution is 9.10. The third-order valence-electron chi connectivity index (χ3n) is 8.07. The first-order valence-corrected chi connectivity index (χ1v) is 15.6. The summed E-state index contributed by atoms with van der Waals surface area (Å²) in [5.41, 5.74) is 2.13. The molecule has 0 radical (unpaired) electrons. The average molecular weight is 680 g/mol. The molecule has 4 aromatic rings. The molecule has 0 unspecified atom stereocenters. The molecular formula is C33H32BrClN4O5. The molecule has 2 aliphatic rings. The predicted molar refractivity (Wildman–Crippen MR) is 171 cm³/mol. The lowest BCUT2D eigenvalue weighted by Gasteiger charge is -2.34. The minimum atomic E-state index is -0.425. The number of rotatable bonds is 8. The molecule has 0 spiro atoms. The van der Waals surface area contributed by atoms with Crippen LogP contribution >= 0.6 is 27.5 Å². The first kappa shape index (κ1) is 30.0. The number of hydrogen-bond donors (Lipinski definition) is 1. The Kier molecular flexibility index (Phi) is 8.30. The fourth-order valence-electron chi connectivity index (χ4n) is 5.45. The van der Waals surface area contributed by atoms with Gasteiger partial charge in [0.15, 0.2) is 0 Å². The van der Waals surface area contributed by atoms with Gasteiger partial charge in [0, 0.05) is 22.6 Å². The van der Waals surface area contributed by atoms with E-state index < -0.39 is 5.91 Å². The van der Waals surface area contributed by atoms with E-state index in [1.807, 2.05) is 50.2 Å². The molecular weight excluding hydrogens is 648 g/mol. The maximum absolute atomic E-state index is 14.1. The van der Waals surface area contributed by atoms with Gasteiger partial charge in [0.1, 0.15) is 17.2 Å². The fourth-order valence-corrected chi connectivity index (χ4v) is 5.88. The number of aromatic nitrogens is 2. The van der Waals surface area contributed by atoms with Crippen molar-refractivity contribution in [3.05, 3.63) is 109 Å². The number of imidazole rings is 1. The summed E-state index contributed by atoms with van der Waals surface area (Å²) in [5.74, 6) is 0.762. The molecule has 3 aromatic carbocycles. The summed E-state index contributed by atoms with van der Waals surface area (Å²) < 4.78 is 14.9. The van der Waals surface area contributed by atoms with Crippen molar-refractivity contribution in [1.82, 2.24) is 19.4 Å². The van der Waals surface area contributed by atoms with Crippen LogP contribution < -0.4 is 20.5 Å². The van der Waals surface area contributed by atoms with Crippen LogP contribution in [0.3, 0.4) is 0 Å². The van der Waals surface area contributed by atoms with Crippen LogP contribution in [0.1, 0.15) is 64.8 Å². The Bertz CT molecular complexity index is 1780. The van der Waals surface area contributed by atoms with E-state index in [1.165, 1.54) is 4.57 Å². The summed E-state index contributed by atoms with van der Waals surface area (Å²) in [4.78, 5) is 43.5. The molecule has 9 nitrogen and oxygen atoms in total. The number of ether oxygens (including phenoxy) is 2. The maximum Gasteiger partial charge on any atom is 0.333 e. The number of fused-ring (bicyclic) bond motifs is 1. The van der Waals surface area contributed by atoms with Crippen LogP contribution in [0.25, 0.3) is 5.69 Å². The van der Waals surface area contributed by atoms with E-state index in [2.05, 4.69) is 21.2 Å². The zero-order valence-electron chi connectivity index (χ0n) is 24.6. The monoisotopic (exact) mass is 678 g/mol. The molecule has 1 fully saturated rings. The number of carbonyl (C=O) groups is 2. The molecule has 1 N–H and O–H groups in total. The quantitative estimate of drug-likeness (QED) is 0.242. The summed E-state index contributed by atoms with van der Waals surface area (Å²) in [6.45, 7) is 4.07. The van der Waals surface area contributed by atoms with Crippen LogP contribution in [-0.2, 0) is 13.1 Å². The molecule has 0 bridgehead atoms. The van der Waals surface area contributed by atoms with Crippen molar-refractivity contribution in [3.8, 4) is 17.2 Å². The van der Waals surface area contributed by atoms with Gasteiger partial charge in [0.25, 0.3) is 11.8 Å². The molecule has 2 heterocycles. The topological polar surface area (TPSA) is 94.8 Å². The maximum atomic E-state index is 14.1. The van der Waals surface area contributed by atoms with Gasteiger partial charge in [-0.1, -0.05) is 23.7 Å². The highest BCUT2D eigenvalue weighted by Gasteiger charge is 2.36. The van der Waals surface area contributed by atoms with Gasteiger partial charge >= 0.3 is 5.69 Å². The van der Waals surface area contributed by atoms with Crippen molar-refractivity contribution in [2.24, 2.45) is 0 Å². The predicted octanol–water partition coefficient (Wildman–Crippen LogP) is 6.14.